The number of hydrogen-bond donors (Lipinski definition) is 1. The Morgan fingerprint density at radius 3 is 2.25 bits per heavy atom. The second kappa shape index (κ2) is 6.35. The number of hydrogen-bond acceptors (Lipinski definition) is 1. The third kappa shape index (κ3) is 3.56. The van der Waals surface area contributed by atoms with E-state index in [0.29, 0.717) is 5.69 Å². The highest BCUT2D eigenvalue weighted by Gasteiger charge is 2.29. The quantitative estimate of drug-likeness (QED) is 0.716. The van der Waals surface area contributed by atoms with Crippen molar-refractivity contribution in [3.05, 3.63) is 77.9 Å². The van der Waals surface area contributed by atoms with Gasteiger partial charge in [0.1, 0.15) is 0 Å². The van der Waals surface area contributed by atoms with E-state index in [-0.39, 0.29) is 12.3 Å². The third-order valence-electron chi connectivity index (χ3n) is 3.73. The molecule has 0 aliphatic rings. The van der Waals surface area contributed by atoms with Crippen molar-refractivity contribution in [3.63, 3.8) is 0 Å². The minimum absolute atomic E-state index is 0.155. The molecule has 3 aromatic rings. The maximum absolute atomic E-state index is 12.5. The van der Waals surface area contributed by atoms with Gasteiger partial charge in [-0.1, -0.05) is 42.5 Å². The van der Waals surface area contributed by atoms with Gasteiger partial charge >= 0.3 is 6.18 Å². The first-order chi connectivity index (χ1) is 11.4. The average Bonchev–Trinajstić information content (AvgIpc) is 2.55. The van der Waals surface area contributed by atoms with Gasteiger partial charge in [0, 0.05) is 5.69 Å². The zero-order valence-electron chi connectivity index (χ0n) is 12.6. The predicted octanol–water partition coefficient (Wildman–Crippen LogP) is 5.04. The van der Waals surface area contributed by atoms with Crippen LogP contribution in [0.3, 0.4) is 0 Å². The molecule has 0 heterocycles. The lowest BCUT2D eigenvalue weighted by atomic mass is 10.0. The Kier molecular flexibility index (Phi) is 4.25. The van der Waals surface area contributed by atoms with Crippen molar-refractivity contribution in [1.29, 1.82) is 0 Å². The third-order valence-corrected chi connectivity index (χ3v) is 3.73. The number of benzene rings is 3. The van der Waals surface area contributed by atoms with Gasteiger partial charge in [-0.3, -0.25) is 4.79 Å². The van der Waals surface area contributed by atoms with Crippen LogP contribution in [0.1, 0.15) is 11.1 Å². The van der Waals surface area contributed by atoms with Crippen LogP contribution >= 0.6 is 0 Å². The first kappa shape index (κ1) is 16.1. The average molecular weight is 329 g/mol. The van der Waals surface area contributed by atoms with Gasteiger partial charge in [-0.05, 0) is 40.6 Å². The molecule has 0 radical (unpaired) electrons. The van der Waals surface area contributed by atoms with E-state index in [1.165, 1.54) is 12.1 Å². The first-order valence-corrected chi connectivity index (χ1v) is 7.37. The molecule has 122 valence electrons. The van der Waals surface area contributed by atoms with Gasteiger partial charge in [0.25, 0.3) is 0 Å². The molecule has 0 fully saturated rings. The first-order valence-electron chi connectivity index (χ1n) is 7.37. The number of carbonyl (C=O) groups excluding carboxylic acids is 1. The lowest BCUT2D eigenvalue weighted by molar-refractivity contribution is -0.137. The fourth-order valence-corrected chi connectivity index (χ4v) is 2.57. The summed E-state index contributed by atoms with van der Waals surface area (Å²) >= 11 is 0. The summed E-state index contributed by atoms with van der Waals surface area (Å²) in [5, 5.41) is 4.66. The van der Waals surface area contributed by atoms with Crippen molar-refractivity contribution in [1.82, 2.24) is 0 Å². The van der Waals surface area contributed by atoms with Gasteiger partial charge in [-0.2, -0.15) is 13.2 Å². The van der Waals surface area contributed by atoms with Crippen LogP contribution in [0.15, 0.2) is 66.7 Å². The number of fused-ring (bicyclic) bond motifs is 1. The van der Waals surface area contributed by atoms with Crippen LogP contribution in [0.25, 0.3) is 10.8 Å². The van der Waals surface area contributed by atoms with Crippen LogP contribution < -0.4 is 5.32 Å². The standard InChI is InChI=1S/C19H14F3NO/c20-19(21,22)15-8-10-16(11-9-15)23-18(24)12-14-6-3-5-13-4-1-2-7-17(13)14/h1-11H,12H2,(H,23,24). The van der Waals surface area contributed by atoms with Crippen LogP contribution in [-0.4, -0.2) is 5.91 Å². The molecular weight excluding hydrogens is 315 g/mol. The van der Waals surface area contributed by atoms with Crippen molar-refractivity contribution in [3.8, 4) is 0 Å². The van der Waals surface area contributed by atoms with Crippen LogP contribution in [-0.2, 0) is 17.4 Å². The van der Waals surface area contributed by atoms with E-state index < -0.39 is 11.7 Å². The van der Waals surface area contributed by atoms with Gasteiger partial charge < -0.3 is 5.32 Å². The van der Waals surface area contributed by atoms with E-state index in [2.05, 4.69) is 5.32 Å². The van der Waals surface area contributed by atoms with E-state index in [0.717, 1.165) is 28.5 Å². The molecule has 1 N–H and O–H groups in total. The highest BCUT2D eigenvalue weighted by atomic mass is 19.4. The van der Waals surface area contributed by atoms with E-state index >= 15 is 0 Å². The summed E-state index contributed by atoms with van der Waals surface area (Å²) in [4.78, 5) is 12.2. The highest BCUT2D eigenvalue weighted by molar-refractivity contribution is 5.96. The van der Waals surface area contributed by atoms with Crippen molar-refractivity contribution in [2.75, 3.05) is 5.32 Å². The maximum atomic E-state index is 12.5. The van der Waals surface area contributed by atoms with E-state index in [1.807, 2.05) is 42.5 Å². The Bertz CT molecular complexity index is 864. The number of amides is 1. The number of anilines is 1. The molecule has 1 amide bonds. The summed E-state index contributed by atoms with van der Waals surface area (Å²) in [6, 6.07) is 17.9. The molecule has 2 nitrogen and oxygen atoms in total. The molecule has 3 rings (SSSR count). The summed E-state index contributed by atoms with van der Waals surface area (Å²) in [5.74, 6) is -0.272. The maximum Gasteiger partial charge on any atom is 0.416 e. The zero-order valence-corrected chi connectivity index (χ0v) is 12.6. The van der Waals surface area contributed by atoms with Crippen molar-refractivity contribution in [2.24, 2.45) is 0 Å². The molecule has 0 aliphatic heterocycles. The Morgan fingerprint density at radius 2 is 1.54 bits per heavy atom. The summed E-state index contributed by atoms with van der Waals surface area (Å²) in [5.41, 5.74) is 0.473. The van der Waals surface area contributed by atoms with Gasteiger partial charge in [0.2, 0.25) is 5.91 Å². The molecule has 3 aromatic carbocycles. The van der Waals surface area contributed by atoms with Crippen molar-refractivity contribution in [2.45, 2.75) is 12.6 Å². The molecule has 0 aromatic heterocycles. The highest BCUT2D eigenvalue weighted by Crippen LogP contribution is 2.29. The number of rotatable bonds is 3. The second-order valence-electron chi connectivity index (χ2n) is 5.44. The number of halogens is 3. The van der Waals surface area contributed by atoms with Gasteiger partial charge in [-0.25, -0.2) is 0 Å². The zero-order chi connectivity index (χ0) is 17.2. The Hall–Kier alpha value is -2.82. The molecule has 0 unspecified atom stereocenters. The van der Waals surface area contributed by atoms with Crippen molar-refractivity contribution >= 4 is 22.4 Å². The summed E-state index contributed by atoms with van der Waals surface area (Å²) in [6.07, 6.45) is -4.23. The number of alkyl halides is 3. The Balaban J connectivity index is 1.73. The van der Waals surface area contributed by atoms with Crippen LogP contribution in [0.5, 0.6) is 0 Å². The SMILES string of the molecule is O=C(Cc1cccc2ccccc12)Nc1ccc(C(F)(F)F)cc1. The predicted molar refractivity (Wildman–Crippen MR) is 87.7 cm³/mol. The largest absolute Gasteiger partial charge is 0.416 e. The van der Waals surface area contributed by atoms with Crippen LogP contribution in [0, 0.1) is 0 Å². The fraction of sp³-hybridized carbons (Fsp3) is 0.105. The topological polar surface area (TPSA) is 29.1 Å². The Morgan fingerprint density at radius 1 is 0.875 bits per heavy atom. The van der Waals surface area contributed by atoms with Crippen LogP contribution in [0.2, 0.25) is 0 Å². The smallest absolute Gasteiger partial charge is 0.326 e. The summed E-state index contributed by atoms with van der Waals surface area (Å²) < 4.78 is 37.6. The fourth-order valence-electron chi connectivity index (χ4n) is 2.57. The molecule has 24 heavy (non-hydrogen) atoms. The van der Waals surface area contributed by atoms with Crippen LogP contribution in [0.4, 0.5) is 18.9 Å². The molecule has 0 saturated carbocycles. The van der Waals surface area contributed by atoms with Gasteiger partial charge in [0.05, 0.1) is 12.0 Å². The molecule has 0 atom stereocenters. The molecule has 0 aliphatic carbocycles. The summed E-state index contributed by atoms with van der Waals surface area (Å²) in [7, 11) is 0. The minimum atomic E-state index is -4.38. The lowest BCUT2D eigenvalue weighted by Gasteiger charge is -2.10. The number of carbonyl (C=O) groups is 1. The second-order valence-corrected chi connectivity index (χ2v) is 5.44. The van der Waals surface area contributed by atoms with E-state index in [9.17, 15) is 18.0 Å². The van der Waals surface area contributed by atoms with Gasteiger partial charge in [0.15, 0.2) is 0 Å². The lowest BCUT2D eigenvalue weighted by Crippen LogP contribution is -2.15. The molecular formula is C19H14F3NO. The summed E-state index contributed by atoms with van der Waals surface area (Å²) in [6.45, 7) is 0. The molecule has 0 bridgehead atoms. The Labute approximate surface area is 136 Å². The van der Waals surface area contributed by atoms with E-state index in [1.54, 1.807) is 0 Å². The molecule has 0 saturated heterocycles. The van der Waals surface area contributed by atoms with Gasteiger partial charge in [-0.15, -0.1) is 0 Å². The molecule has 0 spiro atoms. The van der Waals surface area contributed by atoms with E-state index in [4.69, 9.17) is 0 Å². The normalized spacial score (nSPS) is 11.5. The molecule has 5 heteroatoms. The minimum Gasteiger partial charge on any atom is -0.326 e. The number of nitrogens with one attached hydrogen (secondary N) is 1. The van der Waals surface area contributed by atoms with Crippen molar-refractivity contribution < 1.29 is 18.0 Å². The monoisotopic (exact) mass is 329 g/mol.